The predicted molar refractivity (Wildman–Crippen MR) is 117 cm³/mol. The van der Waals surface area contributed by atoms with Gasteiger partial charge in [-0.2, -0.15) is 9.79 Å². The Labute approximate surface area is 193 Å². The van der Waals surface area contributed by atoms with Crippen molar-refractivity contribution in [1.29, 1.82) is 0 Å². The summed E-state index contributed by atoms with van der Waals surface area (Å²) < 4.78 is 32.8. The van der Waals surface area contributed by atoms with E-state index in [-0.39, 0.29) is 43.3 Å². The second kappa shape index (κ2) is 12.1. The van der Waals surface area contributed by atoms with Crippen molar-refractivity contribution in [2.75, 3.05) is 26.7 Å². The Hall–Kier alpha value is -2.54. The van der Waals surface area contributed by atoms with Gasteiger partial charge in [0.05, 0.1) is 17.9 Å². The molecule has 184 valence electrons. The van der Waals surface area contributed by atoms with Gasteiger partial charge in [-0.25, -0.2) is 8.42 Å². The molecule has 0 aromatic heterocycles. The fourth-order valence-electron chi connectivity index (χ4n) is 3.79. The highest BCUT2D eigenvalue weighted by atomic mass is 32.2. The molecular weight excluding hydrogens is 454 g/mol. The summed E-state index contributed by atoms with van der Waals surface area (Å²) >= 11 is 0. The number of hydrogen-bond donors (Lipinski definition) is 3. The number of carbonyl (C=O) groups is 3. The molecule has 3 N–H and O–H groups in total. The molecule has 1 aliphatic rings. The molecule has 1 aromatic carbocycles. The summed E-state index contributed by atoms with van der Waals surface area (Å²) in [4.78, 5) is 36.3. The van der Waals surface area contributed by atoms with Crippen LogP contribution in [0.5, 0.6) is 5.75 Å². The van der Waals surface area contributed by atoms with E-state index in [1.165, 1.54) is 36.3 Å². The molecule has 0 aliphatic carbocycles. The van der Waals surface area contributed by atoms with Crippen molar-refractivity contribution >= 4 is 28.2 Å². The van der Waals surface area contributed by atoms with E-state index in [9.17, 15) is 28.0 Å². The van der Waals surface area contributed by atoms with Crippen LogP contribution in [0.2, 0.25) is 0 Å². The van der Waals surface area contributed by atoms with Gasteiger partial charge in [0.1, 0.15) is 18.2 Å². The summed E-state index contributed by atoms with van der Waals surface area (Å²) in [5.74, 6) is -1.81. The van der Waals surface area contributed by atoms with Crippen LogP contribution in [0.3, 0.4) is 0 Å². The molecule has 1 saturated heterocycles. The third-order valence-corrected chi connectivity index (χ3v) is 7.75. The highest BCUT2D eigenvalue weighted by Gasteiger charge is 2.35. The fourth-order valence-corrected chi connectivity index (χ4v) is 5.42. The van der Waals surface area contributed by atoms with Crippen LogP contribution >= 0.6 is 0 Å². The van der Waals surface area contributed by atoms with Crippen molar-refractivity contribution < 1.29 is 37.9 Å². The van der Waals surface area contributed by atoms with Gasteiger partial charge in [-0.1, -0.05) is 6.92 Å². The number of hydrogen-bond acceptors (Lipinski definition) is 8. The molecule has 2 atom stereocenters. The average Bonchev–Trinajstić information content (AvgIpc) is 2.81. The lowest BCUT2D eigenvalue weighted by Gasteiger charge is -2.34. The molecule has 0 saturated carbocycles. The summed E-state index contributed by atoms with van der Waals surface area (Å²) in [6.07, 6.45) is -0.0147. The molecule has 2 rings (SSSR count). The van der Waals surface area contributed by atoms with Crippen molar-refractivity contribution in [2.45, 2.75) is 43.7 Å². The molecule has 12 heteroatoms. The summed E-state index contributed by atoms with van der Waals surface area (Å²) in [6, 6.07) is 5.69. The van der Waals surface area contributed by atoms with Gasteiger partial charge in [0.15, 0.2) is 0 Å². The van der Waals surface area contributed by atoms with Gasteiger partial charge in [-0.05, 0) is 43.0 Å². The van der Waals surface area contributed by atoms with Crippen LogP contribution < -0.4 is 10.2 Å². The summed E-state index contributed by atoms with van der Waals surface area (Å²) in [5.41, 5.74) is 1.98. The van der Waals surface area contributed by atoms with Gasteiger partial charge >= 0.3 is 5.97 Å². The Morgan fingerprint density at radius 2 is 1.88 bits per heavy atom. The van der Waals surface area contributed by atoms with Gasteiger partial charge in [0.2, 0.25) is 15.9 Å². The number of carboxylic acid groups (broad SMARTS) is 1. The van der Waals surface area contributed by atoms with E-state index < -0.39 is 34.0 Å². The zero-order valence-electron chi connectivity index (χ0n) is 18.7. The van der Waals surface area contributed by atoms with E-state index in [4.69, 9.17) is 9.84 Å². The average molecular weight is 486 g/mol. The fraction of sp³-hybridized carbons (Fsp3) is 0.571. The third-order valence-electron chi connectivity index (χ3n) is 5.86. The SMILES string of the molecule is COc1ccc(S(=O)(=O)N(CCC(=O)N2CCC(C(=O)O)CC2)C(NO)C(C)CC=O)cc1. The number of methoxy groups -OCH3 is 1. The largest absolute Gasteiger partial charge is 0.497 e. The number of nitrogens with one attached hydrogen (secondary N) is 1. The van der Waals surface area contributed by atoms with Crippen molar-refractivity contribution in [2.24, 2.45) is 11.8 Å². The number of aliphatic carboxylic acids is 1. The molecule has 1 fully saturated rings. The predicted octanol–water partition coefficient (Wildman–Crippen LogP) is 0.929. The Bertz CT molecular complexity index is 914. The normalized spacial score (nSPS) is 16.9. The lowest BCUT2D eigenvalue weighted by Crippen LogP contribution is -2.52. The summed E-state index contributed by atoms with van der Waals surface area (Å²) in [6.45, 7) is 1.93. The van der Waals surface area contributed by atoms with Crippen molar-refractivity contribution in [3.8, 4) is 5.75 Å². The number of aldehydes is 1. The lowest BCUT2D eigenvalue weighted by molar-refractivity contribution is -0.145. The minimum absolute atomic E-state index is 0.0104. The maximum atomic E-state index is 13.4. The maximum Gasteiger partial charge on any atom is 0.306 e. The Morgan fingerprint density at radius 1 is 1.27 bits per heavy atom. The van der Waals surface area contributed by atoms with Crippen molar-refractivity contribution in [1.82, 2.24) is 14.7 Å². The first-order chi connectivity index (χ1) is 15.6. The molecule has 1 aliphatic heterocycles. The van der Waals surface area contributed by atoms with E-state index in [0.717, 1.165) is 4.31 Å². The van der Waals surface area contributed by atoms with E-state index in [0.29, 0.717) is 24.9 Å². The first-order valence-corrected chi connectivity index (χ1v) is 12.1. The molecule has 33 heavy (non-hydrogen) atoms. The first-order valence-electron chi connectivity index (χ1n) is 10.7. The van der Waals surface area contributed by atoms with Crippen LogP contribution in [-0.4, -0.2) is 79.0 Å². The van der Waals surface area contributed by atoms with Gasteiger partial charge in [-0.15, -0.1) is 0 Å². The van der Waals surface area contributed by atoms with Crippen molar-refractivity contribution in [3.05, 3.63) is 24.3 Å². The number of carboxylic acids is 1. The highest BCUT2D eigenvalue weighted by molar-refractivity contribution is 7.89. The highest BCUT2D eigenvalue weighted by Crippen LogP contribution is 2.25. The standard InChI is InChI=1S/C21H31N3O8S/c1-15(10-14-25)20(22-29)24(33(30,31)18-5-3-17(32-2)4-6-18)13-9-19(26)23-11-7-16(8-12-23)21(27)28/h3-6,14-16,20,22,29H,7-13H2,1-2H3,(H,27,28). The van der Waals surface area contributed by atoms with E-state index in [1.807, 2.05) is 5.48 Å². The maximum absolute atomic E-state index is 13.4. The van der Waals surface area contributed by atoms with E-state index >= 15 is 0 Å². The minimum Gasteiger partial charge on any atom is -0.497 e. The van der Waals surface area contributed by atoms with Crippen LogP contribution in [0.4, 0.5) is 0 Å². The quantitative estimate of drug-likeness (QED) is 0.223. The molecule has 1 amide bonds. The number of benzene rings is 1. The number of ether oxygens (including phenoxy) is 1. The van der Waals surface area contributed by atoms with Crippen LogP contribution in [0.15, 0.2) is 29.2 Å². The number of sulfonamides is 1. The Morgan fingerprint density at radius 3 is 2.36 bits per heavy atom. The second-order valence-electron chi connectivity index (χ2n) is 7.99. The summed E-state index contributed by atoms with van der Waals surface area (Å²) in [7, 11) is -2.70. The molecule has 0 spiro atoms. The number of hydroxylamine groups is 1. The zero-order valence-corrected chi connectivity index (χ0v) is 19.5. The number of piperidine rings is 1. The van der Waals surface area contributed by atoms with Crippen LogP contribution in [0, 0.1) is 11.8 Å². The van der Waals surface area contributed by atoms with Crippen LogP contribution in [0.25, 0.3) is 0 Å². The van der Waals surface area contributed by atoms with E-state index in [1.54, 1.807) is 6.92 Å². The molecule has 2 unspecified atom stereocenters. The molecule has 0 bridgehead atoms. The molecule has 0 radical (unpaired) electrons. The van der Waals surface area contributed by atoms with Crippen LogP contribution in [-0.2, 0) is 24.4 Å². The zero-order chi connectivity index (χ0) is 24.6. The third kappa shape index (κ3) is 6.73. The smallest absolute Gasteiger partial charge is 0.306 e. The molecule has 11 nitrogen and oxygen atoms in total. The first kappa shape index (κ1) is 26.7. The molecule has 1 aromatic rings. The number of nitrogens with zero attached hydrogens (tertiary/aromatic N) is 2. The van der Waals surface area contributed by atoms with Crippen LogP contribution in [0.1, 0.15) is 32.6 Å². The summed E-state index contributed by atoms with van der Waals surface area (Å²) in [5, 5.41) is 18.9. The Balaban J connectivity index is 2.22. The number of rotatable bonds is 12. The number of amides is 1. The van der Waals surface area contributed by atoms with Crippen molar-refractivity contribution in [3.63, 3.8) is 0 Å². The van der Waals surface area contributed by atoms with Gasteiger partial charge in [0.25, 0.3) is 0 Å². The second-order valence-corrected chi connectivity index (χ2v) is 9.88. The lowest BCUT2D eigenvalue weighted by atomic mass is 9.97. The topological polar surface area (TPSA) is 154 Å². The van der Waals surface area contributed by atoms with Gasteiger partial charge < -0.3 is 24.7 Å². The van der Waals surface area contributed by atoms with E-state index in [2.05, 4.69) is 0 Å². The van der Waals surface area contributed by atoms with Gasteiger partial charge in [-0.3, -0.25) is 9.59 Å². The monoisotopic (exact) mass is 485 g/mol. The Kier molecular flexibility index (Phi) is 9.77. The van der Waals surface area contributed by atoms with Gasteiger partial charge in [0, 0.05) is 32.5 Å². The minimum atomic E-state index is -4.16. The molecular formula is C21H31N3O8S. The number of likely N-dealkylation sites (tertiary alicyclic amines) is 1. The number of carbonyl (C=O) groups excluding carboxylic acids is 2. The molecule has 1 heterocycles.